The van der Waals surface area contributed by atoms with E-state index in [1.54, 1.807) is 12.1 Å². The fraction of sp³-hybridized carbons (Fsp3) is 0.300. The summed E-state index contributed by atoms with van der Waals surface area (Å²) in [5.41, 5.74) is 6.52. The molecule has 0 aliphatic rings. The molecule has 0 saturated carbocycles. The second-order valence-corrected chi connectivity index (χ2v) is 3.40. The molecule has 1 rings (SSSR count). The topological polar surface area (TPSA) is 52.3 Å². The lowest BCUT2D eigenvalue weighted by atomic mass is 10.1. The third-order valence-electron chi connectivity index (χ3n) is 1.85. The largest absolute Gasteiger partial charge is 0.468 e. The molecule has 0 fully saturated rings. The van der Waals surface area contributed by atoms with Gasteiger partial charge in [0.25, 0.3) is 0 Å². The lowest BCUT2D eigenvalue weighted by Gasteiger charge is -2.08. The Kier molecular flexibility index (Phi) is 6.32. The standard InChI is InChI=1S/C10H12ClNO2.ClH/c1-14-10(13)9(12)6-7-3-2-4-8(11)5-7;/h2-5,9H,6,12H2,1H3;1H/t9-;/m1./s1. The Morgan fingerprint density at radius 3 is 2.80 bits per heavy atom. The lowest BCUT2D eigenvalue weighted by Crippen LogP contribution is -2.33. The van der Waals surface area contributed by atoms with E-state index >= 15 is 0 Å². The summed E-state index contributed by atoms with van der Waals surface area (Å²) in [7, 11) is 1.32. The minimum atomic E-state index is -0.626. The van der Waals surface area contributed by atoms with Crippen LogP contribution in [0.15, 0.2) is 24.3 Å². The summed E-state index contributed by atoms with van der Waals surface area (Å²) in [6.07, 6.45) is 0.438. The zero-order chi connectivity index (χ0) is 10.6. The SMILES string of the molecule is COC(=O)[C@H](N)Cc1cccc(Cl)c1.Cl. The van der Waals surface area contributed by atoms with Crippen LogP contribution in [0.5, 0.6) is 0 Å². The second-order valence-electron chi connectivity index (χ2n) is 2.96. The summed E-state index contributed by atoms with van der Waals surface area (Å²) in [6.45, 7) is 0. The van der Waals surface area contributed by atoms with Gasteiger partial charge < -0.3 is 10.5 Å². The minimum absolute atomic E-state index is 0. The molecule has 0 heterocycles. The molecule has 0 bridgehead atoms. The van der Waals surface area contributed by atoms with Crippen molar-refractivity contribution in [2.75, 3.05) is 7.11 Å². The van der Waals surface area contributed by atoms with E-state index in [4.69, 9.17) is 17.3 Å². The Balaban J connectivity index is 0.00000196. The van der Waals surface area contributed by atoms with Crippen LogP contribution in [0.3, 0.4) is 0 Å². The summed E-state index contributed by atoms with van der Waals surface area (Å²) in [5.74, 6) is -0.412. The molecule has 1 aromatic carbocycles. The summed E-state index contributed by atoms with van der Waals surface area (Å²) in [4.78, 5) is 11.0. The number of halogens is 2. The minimum Gasteiger partial charge on any atom is -0.468 e. The number of methoxy groups -OCH3 is 1. The van der Waals surface area contributed by atoms with E-state index in [9.17, 15) is 4.79 Å². The van der Waals surface area contributed by atoms with Crippen molar-refractivity contribution in [3.05, 3.63) is 34.9 Å². The summed E-state index contributed by atoms with van der Waals surface area (Å²) in [6, 6.07) is 6.62. The van der Waals surface area contributed by atoms with Crippen molar-refractivity contribution in [3.8, 4) is 0 Å². The number of esters is 1. The first-order valence-corrected chi connectivity index (χ1v) is 4.59. The molecule has 15 heavy (non-hydrogen) atoms. The fourth-order valence-corrected chi connectivity index (χ4v) is 1.37. The summed E-state index contributed by atoms with van der Waals surface area (Å²) in [5, 5.41) is 0.638. The number of carbonyl (C=O) groups excluding carboxylic acids is 1. The number of benzene rings is 1. The Morgan fingerprint density at radius 1 is 1.60 bits per heavy atom. The number of hydrogen-bond donors (Lipinski definition) is 1. The zero-order valence-electron chi connectivity index (χ0n) is 8.27. The van der Waals surface area contributed by atoms with Gasteiger partial charge in [0, 0.05) is 5.02 Å². The van der Waals surface area contributed by atoms with Crippen molar-refractivity contribution >= 4 is 30.0 Å². The molecular formula is C10H13Cl2NO2. The van der Waals surface area contributed by atoms with E-state index in [2.05, 4.69) is 4.74 Å². The molecule has 5 heteroatoms. The van der Waals surface area contributed by atoms with Gasteiger partial charge >= 0.3 is 5.97 Å². The van der Waals surface area contributed by atoms with Gasteiger partial charge in [0.1, 0.15) is 6.04 Å². The predicted molar refractivity (Wildman–Crippen MR) is 62.4 cm³/mol. The van der Waals surface area contributed by atoms with Gasteiger partial charge in [-0.2, -0.15) is 0 Å². The molecule has 0 amide bonds. The summed E-state index contributed by atoms with van der Waals surface area (Å²) < 4.78 is 4.52. The van der Waals surface area contributed by atoms with Crippen LogP contribution in [0.2, 0.25) is 5.02 Å². The maximum atomic E-state index is 11.0. The van der Waals surface area contributed by atoms with E-state index in [1.807, 2.05) is 12.1 Å². The maximum Gasteiger partial charge on any atom is 0.322 e. The van der Waals surface area contributed by atoms with Crippen molar-refractivity contribution in [2.24, 2.45) is 5.73 Å². The average molecular weight is 250 g/mol. The molecule has 0 aromatic heterocycles. The summed E-state index contributed by atoms with van der Waals surface area (Å²) >= 11 is 5.78. The number of nitrogens with two attached hydrogens (primary N) is 1. The number of carbonyl (C=O) groups is 1. The Bertz CT molecular complexity index is 331. The van der Waals surface area contributed by atoms with Gasteiger partial charge in [-0.3, -0.25) is 4.79 Å². The molecule has 0 spiro atoms. The molecule has 0 aliphatic heterocycles. The normalized spacial score (nSPS) is 11.4. The number of rotatable bonds is 3. The first kappa shape index (κ1) is 14.2. The van der Waals surface area contributed by atoms with Gasteiger partial charge in [-0.05, 0) is 24.1 Å². The van der Waals surface area contributed by atoms with Crippen molar-refractivity contribution in [3.63, 3.8) is 0 Å². The maximum absolute atomic E-state index is 11.0. The van der Waals surface area contributed by atoms with Gasteiger partial charge in [-0.15, -0.1) is 12.4 Å². The van der Waals surface area contributed by atoms with Crippen LogP contribution in [-0.4, -0.2) is 19.1 Å². The van der Waals surface area contributed by atoms with E-state index in [-0.39, 0.29) is 12.4 Å². The van der Waals surface area contributed by atoms with Crippen LogP contribution in [-0.2, 0) is 16.0 Å². The van der Waals surface area contributed by atoms with Crippen molar-refractivity contribution in [1.82, 2.24) is 0 Å². The molecule has 3 nitrogen and oxygen atoms in total. The van der Waals surface area contributed by atoms with Crippen LogP contribution in [0.1, 0.15) is 5.56 Å². The van der Waals surface area contributed by atoms with Gasteiger partial charge in [-0.1, -0.05) is 23.7 Å². The quantitative estimate of drug-likeness (QED) is 0.832. The predicted octanol–water partition coefficient (Wildman–Crippen LogP) is 1.80. The Morgan fingerprint density at radius 2 is 2.27 bits per heavy atom. The molecule has 2 N–H and O–H groups in total. The van der Waals surface area contributed by atoms with Gasteiger partial charge in [0.05, 0.1) is 7.11 Å². The highest BCUT2D eigenvalue weighted by molar-refractivity contribution is 6.30. The van der Waals surface area contributed by atoms with Crippen LogP contribution < -0.4 is 5.73 Å². The first-order valence-electron chi connectivity index (χ1n) is 4.21. The Labute approximate surface area is 100.0 Å². The van der Waals surface area contributed by atoms with Crippen LogP contribution in [0, 0.1) is 0 Å². The molecule has 0 unspecified atom stereocenters. The van der Waals surface area contributed by atoms with Crippen molar-refractivity contribution in [2.45, 2.75) is 12.5 Å². The number of hydrogen-bond acceptors (Lipinski definition) is 3. The van der Waals surface area contributed by atoms with E-state index < -0.39 is 12.0 Å². The molecule has 1 aromatic rings. The van der Waals surface area contributed by atoms with Gasteiger partial charge in [0.2, 0.25) is 0 Å². The fourth-order valence-electron chi connectivity index (χ4n) is 1.15. The van der Waals surface area contributed by atoms with E-state index in [0.717, 1.165) is 5.56 Å². The Hall–Kier alpha value is -0.770. The molecule has 1 atom stereocenters. The van der Waals surface area contributed by atoms with E-state index in [0.29, 0.717) is 11.4 Å². The highest BCUT2D eigenvalue weighted by atomic mass is 35.5. The smallest absolute Gasteiger partial charge is 0.322 e. The molecule has 0 aliphatic carbocycles. The van der Waals surface area contributed by atoms with E-state index in [1.165, 1.54) is 7.11 Å². The zero-order valence-corrected chi connectivity index (χ0v) is 9.85. The second kappa shape index (κ2) is 6.67. The van der Waals surface area contributed by atoms with Crippen LogP contribution >= 0.6 is 24.0 Å². The molecule has 0 saturated heterocycles. The molecule has 0 radical (unpaired) electrons. The number of ether oxygens (including phenoxy) is 1. The van der Waals surface area contributed by atoms with Gasteiger partial charge in [0.15, 0.2) is 0 Å². The van der Waals surface area contributed by atoms with Crippen LogP contribution in [0.25, 0.3) is 0 Å². The van der Waals surface area contributed by atoms with Gasteiger partial charge in [-0.25, -0.2) is 0 Å². The molecule has 84 valence electrons. The third kappa shape index (κ3) is 4.51. The third-order valence-corrected chi connectivity index (χ3v) is 2.08. The van der Waals surface area contributed by atoms with Crippen molar-refractivity contribution < 1.29 is 9.53 Å². The average Bonchev–Trinajstić information content (AvgIpc) is 2.16. The van der Waals surface area contributed by atoms with Crippen LogP contribution in [0.4, 0.5) is 0 Å². The first-order chi connectivity index (χ1) is 6.63. The highest BCUT2D eigenvalue weighted by Crippen LogP contribution is 2.12. The van der Waals surface area contributed by atoms with Crippen molar-refractivity contribution in [1.29, 1.82) is 0 Å². The monoisotopic (exact) mass is 249 g/mol. The lowest BCUT2D eigenvalue weighted by molar-refractivity contribution is -0.142. The molecular weight excluding hydrogens is 237 g/mol. The highest BCUT2D eigenvalue weighted by Gasteiger charge is 2.13.